The summed E-state index contributed by atoms with van der Waals surface area (Å²) < 4.78 is 13.8. The monoisotopic (exact) mass is 214 g/mol. The Bertz CT molecular complexity index is 200. The zero-order valence-corrected chi connectivity index (χ0v) is 9.77. The first-order valence-electron chi connectivity index (χ1n) is 6.30. The van der Waals surface area contributed by atoms with Crippen LogP contribution in [0.4, 0.5) is 4.39 Å². The van der Waals surface area contributed by atoms with Gasteiger partial charge < -0.3 is 10.2 Å². The van der Waals surface area contributed by atoms with E-state index >= 15 is 0 Å². The number of nitrogens with one attached hydrogen (secondary N) is 1. The van der Waals surface area contributed by atoms with Gasteiger partial charge in [0.05, 0.1) is 0 Å². The van der Waals surface area contributed by atoms with Crippen molar-refractivity contribution < 1.29 is 4.39 Å². The second kappa shape index (κ2) is 4.79. The summed E-state index contributed by atoms with van der Waals surface area (Å²) in [5.74, 6) is 0. The third kappa shape index (κ3) is 3.42. The minimum Gasteiger partial charge on any atom is -0.313 e. The summed E-state index contributed by atoms with van der Waals surface area (Å²) in [6, 6.07) is 0.661. The zero-order valence-electron chi connectivity index (χ0n) is 9.77. The number of hydrogen-bond acceptors (Lipinski definition) is 2. The number of rotatable bonds is 2. The van der Waals surface area contributed by atoms with Crippen LogP contribution in [0.5, 0.6) is 0 Å². The Labute approximate surface area is 92.2 Å². The van der Waals surface area contributed by atoms with E-state index in [4.69, 9.17) is 0 Å². The molecule has 0 saturated carbocycles. The Balaban J connectivity index is 1.78. The summed E-state index contributed by atoms with van der Waals surface area (Å²) in [6.07, 6.45) is 5.06. The molecule has 2 atom stereocenters. The van der Waals surface area contributed by atoms with Gasteiger partial charge in [0.1, 0.15) is 5.67 Å². The van der Waals surface area contributed by atoms with Gasteiger partial charge in [-0.05, 0) is 52.1 Å². The second-order valence-electron chi connectivity index (χ2n) is 5.36. The summed E-state index contributed by atoms with van der Waals surface area (Å²) in [5.41, 5.74) is -0.919. The first-order chi connectivity index (χ1) is 7.16. The van der Waals surface area contributed by atoms with Gasteiger partial charge >= 0.3 is 0 Å². The summed E-state index contributed by atoms with van der Waals surface area (Å²) in [7, 11) is 0. The average Bonchev–Trinajstić information content (AvgIpc) is 2.60. The van der Waals surface area contributed by atoms with E-state index in [1.807, 2.05) is 0 Å². The van der Waals surface area contributed by atoms with Crippen LogP contribution in [0.2, 0.25) is 0 Å². The van der Waals surface area contributed by atoms with Crippen LogP contribution < -0.4 is 5.32 Å². The lowest BCUT2D eigenvalue weighted by atomic mass is 10.0. The third-order valence-corrected chi connectivity index (χ3v) is 3.76. The molecule has 2 saturated heterocycles. The van der Waals surface area contributed by atoms with E-state index in [-0.39, 0.29) is 0 Å². The Morgan fingerprint density at radius 1 is 1.33 bits per heavy atom. The highest BCUT2D eigenvalue weighted by Crippen LogP contribution is 2.25. The molecule has 15 heavy (non-hydrogen) atoms. The van der Waals surface area contributed by atoms with Gasteiger partial charge in [-0.3, -0.25) is 0 Å². The van der Waals surface area contributed by atoms with E-state index in [1.165, 1.54) is 19.4 Å². The van der Waals surface area contributed by atoms with E-state index in [9.17, 15) is 4.39 Å². The Kier molecular flexibility index (Phi) is 3.62. The highest BCUT2D eigenvalue weighted by molar-refractivity contribution is 4.83. The lowest BCUT2D eigenvalue weighted by Crippen LogP contribution is -2.38. The van der Waals surface area contributed by atoms with E-state index in [0.29, 0.717) is 12.5 Å². The minimum atomic E-state index is -0.919. The van der Waals surface area contributed by atoms with Crippen molar-refractivity contribution in [2.24, 2.45) is 0 Å². The molecule has 0 aliphatic carbocycles. The van der Waals surface area contributed by atoms with E-state index in [2.05, 4.69) is 10.2 Å². The smallest absolute Gasteiger partial charge is 0.109 e. The molecule has 1 N–H and O–H groups in total. The van der Waals surface area contributed by atoms with Gasteiger partial charge in [-0.1, -0.05) is 0 Å². The maximum Gasteiger partial charge on any atom is 0.109 e. The quantitative estimate of drug-likeness (QED) is 0.756. The molecule has 0 aromatic heterocycles. The summed E-state index contributed by atoms with van der Waals surface area (Å²) >= 11 is 0. The van der Waals surface area contributed by atoms with Crippen LogP contribution in [-0.4, -0.2) is 42.8 Å². The molecule has 0 spiro atoms. The SMILES string of the molecule is CC1(F)CCCN(CC2CCCN2)CC1. The van der Waals surface area contributed by atoms with Gasteiger partial charge in [0, 0.05) is 19.1 Å². The molecule has 2 aliphatic rings. The molecule has 2 unspecified atom stereocenters. The van der Waals surface area contributed by atoms with Crippen molar-refractivity contribution in [2.45, 2.75) is 50.7 Å². The fourth-order valence-corrected chi connectivity index (χ4v) is 2.71. The molecule has 2 rings (SSSR count). The van der Waals surface area contributed by atoms with Crippen molar-refractivity contribution in [3.05, 3.63) is 0 Å². The number of likely N-dealkylation sites (tertiary alicyclic amines) is 1. The van der Waals surface area contributed by atoms with Gasteiger partial charge in [0.2, 0.25) is 0 Å². The van der Waals surface area contributed by atoms with E-state index < -0.39 is 5.67 Å². The fraction of sp³-hybridized carbons (Fsp3) is 1.00. The molecule has 2 heterocycles. The summed E-state index contributed by atoms with van der Waals surface area (Å²) in [6.45, 7) is 6.06. The van der Waals surface area contributed by atoms with Gasteiger partial charge in [0.25, 0.3) is 0 Å². The Hall–Kier alpha value is -0.150. The molecular weight excluding hydrogens is 191 g/mol. The predicted molar refractivity (Wildman–Crippen MR) is 60.8 cm³/mol. The van der Waals surface area contributed by atoms with Crippen LogP contribution in [0, 0.1) is 0 Å². The van der Waals surface area contributed by atoms with Crippen molar-refractivity contribution in [1.82, 2.24) is 10.2 Å². The minimum absolute atomic E-state index is 0.661. The highest BCUT2D eigenvalue weighted by Gasteiger charge is 2.28. The van der Waals surface area contributed by atoms with Crippen LogP contribution in [0.15, 0.2) is 0 Å². The lowest BCUT2D eigenvalue weighted by Gasteiger charge is -2.24. The topological polar surface area (TPSA) is 15.3 Å². The molecule has 0 radical (unpaired) electrons. The Morgan fingerprint density at radius 2 is 2.20 bits per heavy atom. The van der Waals surface area contributed by atoms with Crippen LogP contribution in [0.25, 0.3) is 0 Å². The third-order valence-electron chi connectivity index (χ3n) is 3.76. The van der Waals surface area contributed by atoms with Crippen molar-refractivity contribution in [2.75, 3.05) is 26.2 Å². The lowest BCUT2D eigenvalue weighted by molar-refractivity contribution is 0.160. The number of alkyl halides is 1. The van der Waals surface area contributed by atoms with Crippen molar-refractivity contribution in [3.8, 4) is 0 Å². The van der Waals surface area contributed by atoms with Gasteiger partial charge in [-0.15, -0.1) is 0 Å². The largest absolute Gasteiger partial charge is 0.313 e. The van der Waals surface area contributed by atoms with Crippen LogP contribution in [0.1, 0.15) is 39.0 Å². The molecule has 3 heteroatoms. The highest BCUT2D eigenvalue weighted by atomic mass is 19.1. The molecule has 2 aliphatic heterocycles. The zero-order chi connectivity index (χ0) is 10.7. The van der Waals surface area contributed by atoms with E-state index in [1.54, 1.807) is 6.92 Å². The van der Waals surface area contributed by atoms with Gasteiger partial charge in [-0.2, -0.15) is 0 Å². The second-order valence-corrected chi connectivity index (χ2v) is 5.36. The van der Waals surface area contributed by atoms with Crippen LogP contribution >= 0.6 is 0 Å². The molecular formula is C12H23FN2. The standard InChI is InChI=1S/C12H23FN2/c1-12(13)5-3-8-15(9-6-12)10-11-4-2-7-14-11/h11,14H,2-10H2,1H3. The molecule has 2 nitrogen and oxygen atoms in total. The van der Waals surface area contributed by atoms with Crippen LogP contribution in [0.3, 0.4) is 0 Å². The van der Waals surface area contributed by atoms with Gasteiger partial charge in [-0.25, -0.2) is 4.39 Å². The first kappa shape index (κ1) is 11.3. The van der Waals surface area contributed by atoms with Crippen LogP contribution in [-0.2, 0) is 0 Å². The normalized spacial score (nSPS) is 39.2. The molecule has 0 aromatic rings. The number of halogens is 1. The summed E-state index contributed by atoms with van der Waals surface area (Å²) in [4.78, 5) is 2.44. The maximum absolute atomic E-state index is 13.8. The maximum atomic E-state index is 13.8. The molecule has 0 amide bonds. The molecule has 0 aromatic carbocycles. The summed E-state index contributed by atoms with van der Waals surface area (Å²) in [5, 5.41) is 3.51. The van der Waals surface area contributed by atoms with E-state index in [0.717, 1.165) is 32.5 Å². The fourth-order valence-electron chi connectivity index (χ4n) is 2.71. The number of hydrogen-bond donors (Lipinski definition) is 1. The Morgan fingerprint density at radius 3 is 2.93 bits per heavy atom. The first-order valence-corrected chi connectivity index (χ1v) is 6.30. The van der Waals surface area contributed by atoms with Gasteiger partial charge in [0.15, 0.2) is 0 Å². The van der Waals surface area contributed by atoms with Crippen molar-refractivity contribution in [1.29, 1.82) is 0 Å². The van der Waals surface area contributed by atoms with Crippen molar-refractivity contribution >= 4 is 0 Å². The molecule has 88 valence electrons. The predicted octanol–water partition coefficient (Wildman–Crippen LogP) is 1.95. The number of nitrogens with zero attached hydrogens (tertiary/aromatic N) is 1. The van der Waals surface area contributed by atoms with Crippen molar-refractivity contribution in [3.63, 3.8) is 0 Å². The average molecular weight is 214 g/mol. The molecule has 0 bridgehead atoms. The molecule has 2 fully saturated rings.